The monoisotopic (exact) mass is 475 g/mol. The van der Waals surface area contributed by atoms with Crippen molar-refractivity contribution in [1.82, 2.24) is 15.0 Å². The lowest BCUT2D eigenvalue weighted by Crippen LogP contribution is -2.16. The molecule has 0 atom stereocenters. The second-order valence-electron chi connectivity index (χ2n) is 8.20. The van der Waals surface area contributed by atoms with Gasteiger partial charge in [-0.1, -0.05) is 96.2 Å². The summed E-state index contributed by atoms with van der Waals surface area (Å²) in [5.74, 6) is -1.50. The average Bonchev–Trinajstić information content (AvgIpc) is 3.35. The standard InChI is InChI=1S/C29H21N3O4/c33-24-17-22(19-10-4-1-5-11-19)16-23(27(24)34)18-32-26(29(36)21-14-8-3-9-15-21)25(30-31-32)28(35)20-12-6-2-7-13-20/h1-17,33-34H,18H2. The highest BCUT2D eigenvalue weighted by Crippen LogP contribution is 2.35. The Balaban J connectivity index is 1.61. The number of hydrogen-bond donors (Lipinski definition) is 2. The van der Waals surface area contributed by atoms with E-state index in [1.54, 1.807) is 66.7 Å². The van der Waals surface area contributed by atoms with Gasteiger partial charge in [0.05, 0.1) is 6.54 Å². The third kappa shape index (κ3) is 4.37. The SMILES string of the molecule is O=C(c1ccccc1)c1nnn(Cc2cc(-c3ccccc3)cc(O)c2O)c1C(=O)c1ccccc1. The first kappa shape index (κ1) is 22.7. The van der Waals surface area contributed by atoms with Crippen molar-refractivity contribution >= 4 is 11.6 Å². The second-order valence-corrected chi connectivity index (χ2v) is 8.20. The zero-order chi connectivity index (χ0) is 25.1. The maximum absolute atomic E-state index is 13.6. The molecule has 7 nitrogen and oxygen atoms in total. The van der Waals surface area contributed by atoms with Crippen LogP contribution in [-0.2, 0) is 6.54 Å². The molecule has 36 heavy (non-hydrogen) atoms. The lowest BCUT2D eigenvalue weighted by Gasteiger charge is -2.12. The Hall–Kier alpha value is -5.04. The lowest BCUT2D eigenvalue weighted by atomic mass is 10.0. The summed E-state index contributed by atoms with van der Waals surface area (Å²) >= 11 is 0. The molecule has 176 valence electrons. The number of aromatic hydroxyl groups is 2. The molecule has 0 amide bonds. The molecule has 0 radical (unpaired) electrons. The lowest BCUT2D eigenvalue weighted by molar-refractivity contribution is 0.0995. The van der Waals surface area contributed by atoms with Crippen molar-refractivity contribution in [1.29, 1.82) is 0 Å². The summed E-state index contributed by atoms with van der Waals surface area (Å²) in [4.78, 5) is 26.8. The van der Waals surface area contributed by atoms with Gasteiger partial charge in [-0.15, -0.1) is 5.10 Å². The quantitative estimate of drug-likeness (QED) is 0.257. The normalized spacial score (nSPS) is 10.8. The highest BCUT2D eigenvalue weighted by atomic mass is 16.3. The van der Waals surface area contributed by atoms with Crippen LogP contribution in [0.2, 0.25) is 0 Å². The van der Waals surface area contributed by atoms with Gasteiger partial charge in [-0.05, 0) is 23.3 Å². The highest BCUT2D eigenvalue weighted by Gasteiger charge is 2.28. The van der Waals surface area contributed by atoms with Crippen molar-refractivity contribution in [3.63, 3.8) is 0 Å². The van der Waals surface area contributed by atoms with Gasteiger partial charge in [-0.3, -0.25) is 9.59 Å². The van der Waals surface area contributed by atoms with Crippen LogP contribution in [-0.4, -0.2) is 36.8 Å². The van der Waals surface area contributed by atoms with Crippen LogP contribution in [0.5, 0.6) is 11.5 Å². The molecule has 1 heterocycles. The molecule has 0 saturated carbocycles. The molecule has 1 aromatic heterocycles. The van der Waals surface area contributed by atoms with Crippen LogP contribution in [0.15, 0.2) is 103 Å². The molecule has 0 bridgehead atoms. The van der Waals surface area contributed by atoms with Gasteiger partial charge in [0.25, 0.3) is 0 Å². The van der Waals surface area contributed by atoms with Crippen molar-refractivity contribution in [3.8, 4) is 22.6 Å². The van der Waals surface area contributed by atoms with Gasteiger partial charge in [0.1, 0.15) is 5.69 Å². The summed E-state index contributed by atoms with van der Waals surface area (Å²) in [6.07, 6.45) is 0. The second kappa shape index (κ2) is 9.68. The predicted molar refractivity (Wildman–Crippen MR) is 134 cm³/mol. The number of carbonyl (C=O) groups is 2. The zero-order valence-corrected chi connectivity index (χ0v) is 19.1. The number of ketones is 2. The largest absolute Gasteiger partial charge is 0.504 e. The fourth-order valence-electron chi connectivity index (χ4n) is 4.01. The minimum Gasteiger partial charge on any atom is -0.504 e. The van der Waals surface area contributed by atoms with E-state index in [1.165, 1.54) is 10.7 Å². The number of aromatic nitrogens is 3. The average molecular weight is 476 g/mol. The molecule has 0 saturated heterocycles. The van der Waals surface area contributed by atoms with Gasteiger partial charge >= 0.3 is 0 Å². The van der Waals surface area contributed by atoms with Gasteiger partial charge < -0.3 is 10.2 Å². The first-order valence-corrected chi connectivity index (χ1v) is 11.3. The molecule has 2 N–H and O–H groups in total. The Morgan fingerprint density at radius 3 is 1.86 bits per heavy atom. The van der Waals surface area contributed by atoms with Crippen LogP contribution in [0.4, 0.5) is 0 Å². The molecule has 5 rings (SSSR count). The van der Waals surface area contributed by atoms with E-state index in [1.807, 2.05) is 30.3 Å². The molecule has 0 aliphatic carbocycles. The van der Waals surface area contributed by atoms with Crippen molar-refractivity contribution < 1.29 is 19.8 Å². The molecule has 0 spiro atoms. The number of hydrogen-bond acceptors (Lipinski definition) is 6. The van der Waals surface area contributed by atoms with E-state index in [0.29, 0.717) is 22.3 Å². The van der Waals surface area contributed by atoms with Crippen molar-refractivity contribution in [3.05, 3.63) is 131 Å². The first-order chi connectivity index (χ1) is 17.5. The maximum Gasteiger partial charge on any atom is 0.215 e. The summed E-state index contributed by atoms with van der Waals surface area (Å²) in [5.41, 5.74) is 2.49. The van der Waals surface area contributed by atoms with Gasteiger partial charge in [-0.2, -0.15) is 0 Å². The topological polar surface area (TPSA) is 105 Å². The summed E-state index contributed by atoms with van der Waals surface area (Å²) in [6, 6.07) is 29.6. The first-order valence-electron chi connectivity index (χ1n) is 11.3. The Morgan fingerprint density at radius 2 is 1.25 bits per heavy atom. The molecule has 0 fully saturated rings. The van der Waals surface area contributed by atoms with Gasteiger partial charge in [0, 0.05) is 16.7 Å². The summed E-state index contributed by atoms with van der Waals surface area (Å²) < 4.78 is 1.29. The molecule has 0 aliphatic heterocycles. The molecule has 7 heteroatoms. The summed E-state index contributed by atoms with van der Waals surface area (Å²) in [5, 5.41) is 29.2. The molecular weight excluding hydrogens is 454 g/mol. The summed E-state index contributed by atoms with van der Waals surface area (Å²) in [6.45, 7) is -0.0942. The molecule has 4 aromatic carbocycles. The predicted octanol–water partition coefficient (Wildman–Crippen LogP) is 4.87. The Kier molecular flexibility index (Phi) is 6.11. The van der Waals surface area contributed by atoms with Gasteiger partial charge in [0.2, 0.25) is 11.6 Å². The Labute approximate surface area is 206 Å². The van der Waals surface area contributed by atoms with Crippen LogP contribution < -0.4 is 0 Å². The van der Waals surface area contributed by atoms with Crippen molar-refractivity contribution in [2.45, 2.75) is 6.54 Å². The number of carbonyl (C=O) groups excluding carboxylic acids is 2. The third-order valence-corrected chi connectivity index (χ3v) is 5.83. The van der Waals surface area contributed by atoms with Crippen LogP contribution in [0.1, 0.15) is 37.7 Å². The highest BCUT2D eigenvalue weighted by molar-refractivity contribution is 6.17. The maximum atomic E-state index is 13.6. The van der Waals surface area contributed by atoms with Crippen molar-refractivity contribution in [2.24, 2.45) is 0 Å². The number of rotatable bonds is 7. The fraction of sp³-hybridized carbons (Fsp3) is 0.0345. The minimum absolute atomic E-state index is 0.000873. The van der Waals surface area contributed by atoms with E-state index in [2.05, 4.69) is 10.3 Å². The zero-order valence-electron chi connectivity index (χ0n) is 19.1. The van der Waals surface area contributed by atoms with E-state index in [9.17, 15) is 19.8 Å². The third-order valence-electron chi connectivity index (χ3n) is 5.83. The van der Waals surface area contributed by atoms with E-state index >= 15 is 0 Å². The number of phenols is 2. The number of benzene rings is 4. The smallest absolute Gasteiger partial charge is 0.215 e. The Morgan fingerprint density at radius 1 is 0.694 bits per heavy atom. The molecular formula is C29H21N3O4. The number of nitrogens with zero attached hydrogens (tertiary/aromatic N) is 3. The molecule has 0 aliphatic rings. The van der Waals surface area contributed by atoms with Crippen LogP contribution in [0.3, 0.4) is 0 Å². The van der Waals surface area contributed by atoms with E-state index < -0.39 is 11.6 Å². The van der Waals surface area contributed by atoms with Gasteiger partial charge in [-0.25, -0.2) is 4.68 Å². The Bertz CT molecular complexity index is 1550. The minimum atomic E-state index is -0.439. The van der Waals surface area contributed by atoms with Crippen LogP contribution in [0.25, 0.3) is 11.1 Å². The molecule has 0 unspecified atom stereocenters. The van der Waals surface area contributed by atoms with Crippen molar-refractivity contribution in [2.75, 3.05) is 0 Å². The fourth-order valence-corrected chi connectivity index (χ4v) is 4.01. The van der Waals surface area contributed by atoms with E-state index in [0.717, 1.165) is 5.56 Å². The summed E-state index contributed by atoms with van der Waals surface area (Å²) in [7, 11) is 0. The van der Waals surface area contributed by atoms with E-state index in [4.69, 9.17) is 0 Å². The molecule has 5 aromatic rings. The van der Waals surface area contributed by atoms with Crippen LogP contribution >= 0.6 is 0 Å². The van der Waals surface area contributed by atoms with Crippen LogP contribution in [0, 0.1) is 0 Å². The number of phenolic OH excluding ortho intramolecular Hbond substituents is 2. The van der Waals surface area contributed by atoms with Gasteiger partial charge in [0.15, 0.2) is 17.2 Å². The van der Waals surface area contributed by atoms with E-state index in [-0.39, 0.29) is 29.4 Å².